The molecule has 1 heterocycles. The van der Waals surface area contributed by atoms with Crippen molar-refractivity contribution in [2.24, 2.45) is 4.99 Å². The summed E-state index contributed by atoms with van der Waals surface area (Å²) in [4.78, 5) is 10.7. The molecule has 1 saturated carbocycles. The van der Waals surface area contributed by atoms with Crippen molar-refractivity contribution < 1.29 is 26.3 Å². The topological polar surface area (TPSA) is 59.0 Å². The summed E-state index contributed by atoms with van der Waals surface area (Å²) in [6.07, 6.45) is -7.86. The van der Waals surface area contributed by atoms with E-state index in [-0.39, 0.29) is 27.4 Å². The molecule has 5 rings (SSSR count). The number of nitriles is 1. The number of hydrogen-bond donors (Lipinski definition) is 1. The maximum absolute atomic E-state index is 14.0. The zero-order valence-corrected chi connectivity index (χ0v) is 24.3. The molecule has 2 fully saturated rings. The standard InChI is InChI=1S/C30H20F6N6S2/c1-17-4-8-20(9-5-17)42-27(44)41(21-10-11-24(38-2)23(15-21)30(34,35)36)25(28(42)12-3-13-28)40-26(43)39-19-7-6-18(16-37)22(14-19)29(31,32)33/h4-11,14-15H,3,12-13H2,1H3,(H,39,43)/b40-25-. The van der Waals surface area contributed by atoms with Gasteiger partial charge in [0, 0.05) is 17.1 Å². The lowest BCUT2D eigenvalue weighted by atomic mass is 9.74. The van der Waals surface area contributed by atoms with Crippen molar-refractivity contribution in [1.29, 1.82) is 5.26 Å². The van der Waals surface area contributed by atoms with Crippen LogP contribution in [0.3, 0.4) is 0 Å². The number of hydrogen-bond acceptors (Lipinski definition) is 3. The molecule has 6 nitrogen and oxygen atoms in total. The van der Waals surface area contributed by atoms with E-state index in [1.807, 2.05) is 36.1 Å². The van der Waals surface area contributed by atoms with E-state index in [0.717, 1.165) is 36.2 Å². The van der Waals surface area contributed by atoms with E-state index in [9.17, 15) is 26.3 Å². The maximum atomic E-state index is 14.0. The molecular formula is C30H20F6N6S2. The SMILES string of the molecule is [C-]#[N+]c1ccc(N2C(=S)N(c3ccc(C)cc3)C3(CCC3)/C2=N/C(=S)Nc2ccc(C#N)c(C(F)(F)F)c2)cc1C(F)(F)F. The first-order valence-electron chi connectivity index (χ1n) is 13.0. The minimum atomic E-state index is -4.83. The summed E-state index contributed by atoms with van der Waals surface area (Å²) >= 11 is 11.3. The van der Waals surface area contributed by atoms with Crippen LogP contribution >= 0.6 is 24.4 Å². The third-order valence-corrected chi connectivity index (χ3v) is 8.04. The number of thiocarbonyl (C=S) groups is 2. The van der Waals surface area contributed by atoms with Crippen molar-refractivity contribution in [3.63, 3.8) is 0 Å². The molecule has 14 heteroatoms. The van der Waals surface area contributed by atoms with Crippen LogP contribution in [0.4, 0.5) is 49.1 Å². The fourth-order valence-electron chi connectivity index (χ4n) is 5.27. The fourth-order valence-corrected chi connectivity index (χ4v) is 5.94. The second-order valence-electron chi connectivity index (χ2n) is 10.2. The molecule has 1 saturated heterocycles. The maximum Gasteiger partial charge on any atom is 0.417 e. The summed E-state index contributed by atoms with van der Waals surface area (Å²) in [5.41, 5.74) is -2.82. The average Bonchev–Trinajstić information content (AvgIpc) is 3.20. The molecule has 0 bridgehead atoms. The third-order valence-electron chi connectivity index (χ3n) is 7.48. The van der Waals surface area contributed by atoms with Gasteiger partial charge in [0.2, 0.25) is 0 Å². The van der Waals surface area contributed by atoms with Gasteiger partial charge in [-0.3, -0.25) is 4.90 Å². The zero-order chi connectivity index (χ0) is 32.0. The minimum absolute atomic E-state index is 0.00473. The van der Waals surface area contributed by atoms with Crippen molar-refractivity contribution in [2.75, 3.05) is 15.1 Å². The van der Waals surface area contributed by atoms with Crippen LogP contribution in [0.1, 0.15) is 41.5 Å². The summed E-state index contributed by atoms with van der Waals surface area (Å²) in [5, 5.41) is 11.6. The Morgan fingerprint density at radius 1 is 0.977 bits per heavy atom. The highest BCUT2D eigenvalue weighted by Gasteiger charge is 2.58. The van der Waals surface area contributed by atoms with Gasteiger partial charge in [-0.25, -0.2) is 9.84 Å². The molecule has 0 unspecified atom stereocenters. The predicted octanol–water partition coefficient (Wildman–Crippen LogP) is 8.78. The number of halogens is 6. The first kappa shape index (κ1) is 30.9. The van der Waals surface area contributed by atoms with Crippen LogP contribution in [0.2, 0.25) is 0 Å². The Kier molecular flexibility index (Phi) is 7.86. The summed E-state index contributed by atoms with van der Waals surface area (Å²) in [6, 6.07) is 15.1. The van der Waals surface area contributed by atoms with Crippen molar-refractivity contribution >= 4 is 63.2 Å². The molecule has 0 atom stereocenters. The Hall–Kier alpha value is -4.53. The van der Waals surface area contributed by atoms with Gasteiger partial charge >= 0.3 is 12.4 Å². The Morgan fingerprint density at radius 3 is 2.16 bits per heavy atom. The highest BCUT2D eigenvalue weighted by molar-refractivity contribution is 7.81. The Balaban J connectivity index is 1.64. The lowest BCUT2D eigenvalue weighted by Gasteiger charge is -2.44. The van der Waals surface area contributed by atoms with Crippen LogP contribution < -0.4 is 15.1 Å². The van der Waals surface area contributed by atoms with Crippen LogP contribution in [0.5, 0.6) is 0 Å². The molecule has 1 N–H and O–H groups in total. The van der Waals surface area contributed by atoms with Crippen LogP contribution in [0, 0.1) is 24.8 Å². The van der Waals surface area contributed by atoms with Gasteiger partial charge in [0.25, 0.3) is 0 Å². The Morgan fingerprint density at radius 2 is 1.61 bits per heavy atom. The van der Waals surface area contributed by atoms with E-state index >= 15 is 0 Å². The third kappa shape index (κ3) is 5.47. The molecule has 224 valence electrons. The van der Waals surface area contributed by atoms with Gasteiger partial charge in [-0.1, -0.05) is 23.8 Å². The summed E-state index contributed by atoms with van der Waals surface area (Å²) in [7, 11) is 0. The lowest BCUT2D eigenvalue weighted by Crippen LogP contribution is -2.55. The number of rotatable bonds is 3. The van der Waals surface area contributed by atoms with Crippen molar-refractivity contribution in [1.82, 2.24) is 0 Å². The van der Waals surface area contributed by atoms with Crippen molar-refractivity contribution in [3.8, 4) is 6.07 Å². The first-order chi connectivity index (χ1) is 20.7. The van der Waals surface area contributed by atoms with Crippen LogP contribution in [-0.2, 0) is 12.4 Å². The fraction of sp³-hybridized carbons (Fsp3) is 0.233. The van der Waals surface area contributed by atoms with Crippen molar-refractivity contribution in [2.45, 2.75) is 44.1 Å². The van der Waals surface area contributed by atoms with Gasteiger partial charge in [-0.2, -0.15) is 31.6 Å². The van der Waals surface area contributed by atoms with E-state index in [1.54, 1.807) is 0 Å². The normalized spacial score (nSPS) is 16.9. The van der Waals surface area contributed by atoms with Crippen LogP contribution in [0.25, 0.3) is 4.85 Å². The molecular weight excluding hydrogens is 622 g/mol. The number of benzene rings is 3. The largest absolute Gasteiger partial charge is 0.417 e. The Labute approximate surface area is 259 Å². The molecule has 3 aromatic carbocycles. The highest BCUT2D eigenvalue weighted by Crippen LogP contribution is 2.49. The summed E-state index contributed by atoms with van der Waals surface area (Å²) in [6.45, 7) is 9.11. The number of aryl methyl sites for hydroxylation is 1. The second-order valence-corrected chi connectivity index (χ2v) is 11.0. The molecule has 0 amide bonds. The molecule has 0 aromatic heterocycles. The number of aliphatic imine (C=N–C) groups is 1. The van der Waals surface area contributed by atoms with Gasteiger partial charge in [0.15, 0.2) is 15.9 Å². The van der Waals surface area contributed by atoms with Crippen LogP contribution in [-0.4, -0.2) is 21.6 Å². The van der Waals surface area contributed by atoms with Gasteiger partial charge in [0.1, 0.15) is 11.4 Å². The Bertz CT molecular complexity index is 1780. The minimum Gasteiger partial charge on any atom is -0.331 e. The molecule has 3 aromatic rings. The van der Waals surface area contributed by atoms with Gasteiger partial charge in [-0.15, -0.1) is 0 Å². The number of alkyl halides is 6. The summed E-state index contributed by atoms with van der Waals surface area (Å²) in [5.74, 6) is 0.195. The van der Waals surface area contributed by atoms with Crippen molar-refractivity contribution in [3.05, 3.63) is 94.3 Å². The molecule has 2 aliphatic rings. The van der Waals surface area contributed by atoms with E-state index in [2.05, 4.69) is 15.2 Å². The number of amidine groups is 1. The molecule has 44 heavy (non-hydrogen) atoms. The molecule has 1 aliphatic heterocycles. The average molecular weight is 643 g/mol. The van der Waals surface area contributed by atoms with Crippen LogP contribution in [0.15, 0.2) is 65.7 Å². The zero-order valence-electron chi connectivity index (χ0n) is 22.7. The quantitative estimate of drug-likeness (QED) is 0.175. The lowest BCUT2D eigenvalue weighted by molar-refractivity contribution is -0.138. The second kappa shape index (κ2) is 11.2. The number of anilines is 3. The van der Waals surface area contributed by atoms with E-state index in [0.29, 0.717) is 18.5 Å². The number of nitrogens with one attached hydrogen (secondary N) is 1. The summed E-state index contributed by atoms with van der Waals surface area (Å²) < 4.78 is 82.5. The highest BCUT2D eigenvalue weighted by atomic mass is 32.1. The van der Waals surface area contributed by atoms with Gasteiger partial charge < -0.3 is 10.2 Å². The smallest absolute Gasteiger partial charge is 0.331 e. The van der Waals surface area contributed by atoms with E-state index in [1.165, 1.54) is 23.1 Å². The van der Waals surface area contributed by atoms with E-state index < -0.39 is 40.3 Å². The van der Waals surface area contributed by atoms with E-state index in [4.69, 9.17) is 36.3 Å². The van der Waals surface area contributed by atoms with Gasteiger partial charge in [-0.05, 0) is 93.1 Å². The predicted molar refractivity (Wildman–Crippen MR) is 163 cm³/mol. The molecule has 1 spiro atoms. The van der Waals surface area contributed by atoms with Gasteiger partial charge in [0.05, 0.1) is 29.3 Å². The first-order valence-corrected chi connectivity index (χ1v) is 13.8. The molecule has 0 radical (unpaired) electrons. The molecule has 1 aliphatic carbocycles. The monoisotopic (exact) mass is 642 g/mol. The number of nitrogens with zero attached hydrogens (tertiary/aromatic N) is 5.